The van der Waals surface area contributed by atoms with Gasteiger partial charge in [-0.05, 0) is 51.3 Å². The average Bonchev–Trinajstić information content (AvgIpc) is 2.32. The lowest BCUT2D eigenvalue weighted by Gasteiger charge is -2.04. The van der Waals surface area contributed by atoms with E-state index in [1.165, 1.54) is 18.2 Å². The smallest absolute Gasteiger partial charge is 0.175 e. The first-order valence-electron chi connectivity index (χ1n) is 5.13. The maximum absolute atomic E-state index is 13.4. The number of hydrogen-bond donors (Lipinski definition) is 0. The second kappa shape index (κ2) is 4.82. The van der Waals surface area contributed by atoms with Gasteiger partial charge in [-0.2, -0.15) is 0 Å². The molecule has 0 fully saturated rings. The summed E-state index contributed by atoms with van der Waals surface area (Å²) < 4.78 is 36.4. The van der Waals surface area contributed by atoms with Gasteiger partial charge < -0.3 is 0 Å². The second-order valence-electron chi connectivity index (χ2n) is 3.93. The summed E-state index contributed by atoms with van der Waals surface area (Å²) in [6, 6.07) is 11.2. The van der Waals surface area contributed by atoms with E-state index in [1.54, 1.807) is 24.3 Å². The van der Waals surface area contributed by atoms with Crippen molar-refractivity contribution in [3.8, 4) is 11.1 Å². The molecule has 2 nitrogen and oxygen atoms in total. The Hall–Kier alpha value is -1.20. The summed E-state index contributed by atoms with van der Waals surface area (Å²) in [5, 5.41) is 0. The molecule has 0 heterocycles. The van der Waals surface area contributed by atoms with E-state index in [0.29, 0.717) is 10.0 Å². The van der Waals surface area contributed by atoms with Gasteiger partial charge in [0.15, 0.2) is 9.84 Å². The van der Waals surface area contributed by atoms with Crippen molar-refractivity contribution in [2.24, 2.45) is 0 Å². The molecule has 0 spiro atoms. The first-order chi connectivity index (χ1) is 8.38. The fraction of sp³-hybridized carbons (Fsp3) is 0.0769. The molecule has 2 rings (SSSR count). The predicted octanol–water partition coefficient (Wildman–Crippen LogP) is 3.66. The summed E-state index contributed by atoms with van der Waals surface area (Å²) in [6.07, 6.45) is 1.15. The molecule has 2 aromatic rings. The molecular formula is C13H10BrFO2S. The summed E-state index contributed by atoms with van der Waals surface area (Å²) in [7, 11) is -3.20. The van der Waals surface area contributed by atoms with Crippen molar-refractivity contribution in [1.29, 1.82) is 0 Å². The molecule has 0 amide bonds. The molecule has 2 aromatic carbocycles. The largest absolute Gasteiger partial charge is 0.224 e. The maximum atomic E-state index is 13.4. The lowest BCUT2D eigenvalue weighted by molar-refractivity contribution is 0.602. The zero-order valence-corrected chi connectivity index (χ0v) is 11.9. The Morgan fingerprint density at radius 2 is 1.56 bits per heavy atom. The summed E-state index contributed by atoms with van der Waals surface area (Å²) in [4.78, 5) is 0.254. The number of hydrogen-bond acceptors (Lipinski definition) is 2. The molecule has 0 N–H and O–H groups in total. The summed E-state index contributed by atoms with van der Waals surface area (Å²) in [5.41, 5.74) is 1.48. The molecule has 5 heteroatoms. The molecule has 0 aliphatic rings. The Morgan fingerprint density at radius 3 is 2.06 bits per heavy atom. The first kappa shape index (κ1) is 13.2. The molecule has 18 heavy (non-hydrogen) atoms. The third-order valence-corrected chi connectivity index (χ3v) is 4.31. The van der Waals surface area contributed by atoms with Gasteiger partial charge in [-0.1, -0.05) is 18.2 Å². The van der Waals surface area contributed by atoms with Crippen molar-refractivity contribution in [2.45, 2.75) is 4.90 Å². The molecule has 0 aromatic heterocycles. The number of rotatable bonds is 2. The summed E-state index contributed by atoms with van der Waals surface area (Å²) >= 11 is 3.09. The van der Waals surface area contributed by atoms with Crippen molar-refractivity contribution in [3.63, 3.8) is 0 Å². The molecule has 0 radical (unpaired) electrons. The van der Waals surface area contributed by atoms with Gasteiger partial charge in [0.2, 0.25) is 0 Å². The van der Waals surface area contributed by atoms with Crippen LogP contribution < -0.4 is 0 Å². The van der Waals surface area contributed by atoms with Gasteiger partial charge in [0, 0.05) is 6.26 Å². The van der Waals surface area contributed by atoms with E-state index in [4.69, 9.17) is 0 Å². The minimum absolute atomic E-state index is 0.254. The van der Waals surface area contributed by atoms with Crippen LogP contribution in [-0.2, 0) is 9.84 Å². The predicted molar refractivity (Wildman–Crippen MR) is 72.6 cm³/mol. The van der Waals surface area contributed by atoms with E-state index in [1.807, 2.05) is 0 Å². The van der Waals surface area contributed by atoms with Crippen molar-refractivity contribution in [1.82, 2.24) is 0 Å². The summed E-state index contributed by atoms with van der Waals surface area (Å²) in [6.45, 7) is 0. The van der Waals surface area contributed by atoms with Crippen LogP contribution in [0.15, 0.2) is 51.8 Å². The highest BCUT2D eigenvalue weighted by atomic mass is 79.9. The van der Waals surface area contributed by atoms with E-state index in [2.05, 4.69) is 15.9 Å². The topological polar surface area (TPSA) is 34.1 Å². The van der Waals surface area contributed by atoms with Crippen LogP contribution in [0.5, 0.6) is 0 Å². The minimum Gasteiger partial charge on any atom is -0.224 e. The van der Waals surface area contributed by atoms with Crippen molar-refractivity contribution >= 4 is 25.8 Å². The number of sulfone groups is 1. The van der Waals surface area contributed by atoms with Gasteiger partial charge in [-0.3, -0.25) is 0 Å². The summed E-state index contributed by atoms with van der Waals surface area (Å²) in [5.74, 6) is -0.348. The van der Waals surface area contributed by atoms with E-state index >= 15 is 0 Å². The Morgan fingerprint density at radius 1 is 1.00 bits per heavy atom. The Bertz CT molecular complexity index is 679. The Balaban J connectivity index is 2.43. The molecule has 0 saturated carbocycles. The van der Waals surface area contributed by atoms with Crippen LogP contribution in [0.3, 0.4) is 0 Å². The Kier molecular flexibility index (Phi) is 3.54. The molecule has 0 saturated heterocycles. The quantitative estimate of drug-likeness (QED) is 0.843. The van der Waals surface area contributed by atoms with Crippen LogP contribution in [0, 0.1) is 5.82 Å². The standard InChI is InChI=1S/C13H10BrFO2S/c1-18(16,17)11-5-2-9(3-6-11)10-4-7-12(14)13(15)8-10/h2-8H,1H3. The lowest BCUT2D eigenvalue weighted by Crippen LogP contribution is -1.96. The molecule has 0 atom stereocenters. The fourth-order valence-electron chi connectivity index (χ4n) is 1.57. The van der Waals surface area contributed by atoms with E-state index in [0.717, 1.165) is 11.8 Å². The van der Waals surface area contributed by atoms with Gasteiger partial charge in [-0.15, -0.1) is 0 Å². The van der Waals surface area contributed by atoms with Crippen LogP contribution in [0.4, 0.5) is 4.39 Å². The van der Waals surface area contributed by atoms with Crippen molar-refractivity contribution < 1.29 is 12.8 Å². The Labute approximate surface area is 114 Å². The third-order valence-electron chi connectivity index (χ3n) is 2.54. The highest BCUT2D eigenvalue weighted by molar-refractivity contribution is 9.10. The van der Waals surface area contributed by atoms with Gasteiger partial charge in [-0.25, -0.2) is 12.8 Å². The maximum Gasteiger partial charge on any atom is 0.175 e. The van der Waals surface area contributed by atoms with Crippen LogP contribution in [0.1, 0.15) is 0 Å². The number of benzene rings is 2. The van der Waals surface area contributed by atoms with Gasteiger partial charge >= 0.3 is 0 Å². The van der Waals surface area contributed by atoms with E-state index < -0.39 is 9.84 Å². The van der Waals surface area contributed by atoms with Crippen LogP contribution in [-0.4, -0.2) is 14.7 Å². The van der Waals surface area contributed by atoms with Gasteiger partial charge in [0.05, 0.1) is 9.37 Å². The van der Waals surface area contributed by atoms with E-state index in [-0.39, 0.29) is 10.7 Å². The second-order valence-corrected chi connectivity index (χ2v) is 6.80. The SMILES string of the molecule is CS(=O)(=O)c1ccc(-c2ccc(Br)c(F)c2)cc1. The fourth-order valence-corrected chi connectivity index (χ4v) is 2.45. The zero-order chi connectivity index (χ0) is 13.3. The molecule has 0 aliphatic carbocycles. The minimum atomic E-state index is -3.20. The molecule has 0 bridgehead atoms. The van der Waals surface area contributed by atoms with E-state index in [9.17, 15) is 12.8 Å². The van der Waals surface area contributed by atoms with Crippen molar-refractivity contribution in [2.75, 3.05) is 6.26 Å². The van der Waals surface area contributed by atoms with Gasteiger partial charge in [0.25, 0.3) is 0 Å². The molecule has 0 aliphatic heterocycles. The first-order valence-corrected chi connectivity index (χ1v) is 7.82. The number of halogens is 2. The average molecular weight is 329 g/mol. The van der Waals surface area contributed by atoms with Crippen LogP contribution in [0.25, 0.3) is 11.1 Å². The molecule has 0 unspecified atom stereocenters. The monoisotopic (exact) mass is 328 g/mol. The highest BCUT2D eigenvalue weighted by Gasteiger charge is 2.07. The van der Waals surface area contributed by atoms with Crippen LogP contribution in [0.2, 0.25) is 0 Å². The normalized spacial score (nSPS) is 11.5. The third kappa shape index (κ3) is 2.79. The highest BCUT2D eigenvalue weighted by Crippen LogP contribution is 2.25. The zero-order valence-electron chi connectivity index (χ0n) is 9.52. The lowest BCUT2D eigenvalue weighted by atomic mass is 10.1. The molecular weight excluding hydrogens is 319 g/mol. The van der Waals surface area contributed by atoms with Crippen molar-refractivity contribution in [3.05, 3.63) is 52.8 Å². The molecule has 94 valence electrons. The van der Waals surface area contributed by atoms with Crippen LogP contribution >= 0.6 is 15.9 Å². The van der Waals surface area contributed by atoms with Gasteiger partial charge in [0.1, 0.15) is 5.82 Å².